The molecular formula is C14H19ClN2O2. The van der Waals surface area contributed by atoms with Gasteiger partial charge >= 0.3 is 0 Å². The Morgan fingerprint density at radius 3 is 2.63 bits per heavy atom. The van der Waals surface area contributed by atoms with Crippen LogP contribution in [-0.4, -0.2) is 17.0 Å². The van der Waals surface area contributed by atoms with Crippen molar-refractivity contribution in [3.8, 4) is 0 Å². The van der Waals surface area contributed by atoms with Crippen molar-refractivity contribution in [2.75, 3.05) is 6.54 Å². The third kappa shape index (κ3) is 5.41. The van der Waals surface area contributed by atoms with Crippen LogP contribution in [0.5, 0.6) is 0 Å². The predicted octanol–water partition coefficient (Wildman–Crippen LogP) is 4.04. The van der Waals surface area contributed by atoms with Crippen LogP contribution >= 0.6 is 11.6 Å². The monoisotopic (exact) mass is 282 g/mol. The summed E-state index contributed by atoms with van der Waals surface area (Å²) in [4.78, 5) is 10.6. The Labute approximate surface area is 118 Å². The minimum absolute atomic E-state index is 0.00929. The summed E-state index contributed by atoms with van der Waals surface area (Å²) in [5.41, 5.74) is 1.63. The summed E-state index contributed by atoms with van der Waals surface area (Å²) in [7, 11) is 0. The van der Waals surface area contributed by atoms with Crippen LogP contribution in [0, 0.1) is 10.1 Å². The molecule has 0 aliphatic carbocycles. The number of halogens is 1. The van der Waals surface area contributed by atoms with Crippen LogP contribution in [0.15, 0.2) is 23.8 Å². The van der Waals surface area contributed by atoms with Crippen LogP contribution in [0.1, 0.15) is 33.3 Å². The van der Waals surface area contributed by atoms with Gasteiger partial charge in [0.1, 0.15) is 0 Å². The summed E-state index contributed by atoms with van der Waals surface area (Å²) >= 11 is 5.89. The summed E-state index contributed by atoms with van der Waals surface area (Å²) in [5, 5.41) is 14.8. The molecule has 0 aliphatic heterocycles. The lowest BCUT2D eigenvalue weighted by Gasteiger charge is -2.20. The zero-order valence-electron chi connectivity index (χ0n) is 11.7. The molecule has 0 saturated heterocycles. The van der Waals surface area contributed by atoms with Gasteiger partial charge in [0.25, 0.3) is 5.69 Å². The number of rotatable bonds is 4. The highest BCUT2D eigenvalue weighted by molar-refractivity contribution is 6.30. The maximum absolute atomic E-state index is 10.9. The zero-order valence-corrected chi connectivity index (χ0v) is 12.4. The Morgan fingerprint density at radius 1 is 1.47 bits per heavy atom. The average Bonchev–Trinajstić information content (AvgIpc) is 2.25. The number of hydrogen-bond donors (Lipinski definition) is 1. The molecule has 0 fully saturated rings. The van der Waals surface area contributed by atoms with Crippen molar-refractivity contribution in [3.05, 3.63) is 44.5 Å². The van der Waals surface area contributed by atoms with E-state index in [0.717, 1.165) is 5.57 Å². The van der Waals surface area contributed by atoms with E-state index in [0.29, 0.717) is 17.1 Å². The first-order chi connectivity index (χ1) is 8.69. The van der Waals surface area contributed by atoms with Crippen LogP contribution in [0.2, 0.25) is 5.02 Å². The lowest BCUT2D eigenvalue weighted by atomic mass is 10.1. The lowest BCUT2D eigenvalue weighted by Crippen LogP contribution is -2.36. The van der Waals surface area contributed by atoms with Gasteiger partial charge in [-0.3, -0.25) is 10.1 Å². The molecule has 1 N–H and O–H groups in total. The van der Waals surface area contributed by atoms with Gasteiger partial charge in [-0.15, -0.1) is 0 Å². The second kappa shape index (κ2) is 6.17. The zero-order chi connectivity index (χ0) is 14.6. The van der Waals surface area contributed by atoms with E-state index in [9.17, 15) is 10.1 Å². The van der Waals surface area contributed by atoms with Crippen molar-refractivity contribution in [1.82, 2.24) is 5.32 Å². The number of nitro groups is 1. The fraction of sp³-hybridized carbons (Fsp3) is 0.429. The Bertz CT molecular complexity index is 505. The van der Waals surface area contributed by atoms with Gasteiger partial charge in [-0.2, -0.15) is 0 Å². The summed E-state index contributed by atoms with van der Waals surface area (Å²) < 4.78 is 0. The second-order valence-corrected chi connectivity index (χ2v) is 5.99. The average molecular weight is 283 g/mol. The largest absolute Gasteiger partial charge is 0.308 e. The normalized spacial score (nSPS) is 12.6. The van der Waals surface area contributed by atoms with Gasteiger partial charge in [0.2, 0.25) is 0 Å². The first kappa shape index (κ1) is 15.7. The quantitative estimate of drug-likeness (QED) is 0.670. The Morgan fingerprint density at radius 2 is 2.11 bits per heavy atom. The highest BCUT2D eigenvalue weighted by atomic mass is 35.5. The molecule has 1 aromatic carbocycles. The predicted molar refractivity (Wildman–Crippen MR) is 79.5 cm³/mol. The maximum atomic E-state index is 10.9. The van der Waals surface area contributed by atoms with Crippen molar-refractivity contribution < 1.29 is 4.92 Å². The molecule has 4 nitrogen and oxygen atoms in total. The molecule has 0 amide bonds. The molecule has 104 valence electrons. The van der Waals surface area contributed by atoms with Crippen molar-refractivity contribution in [1.29, 1.82) is 0 Å². The van der Waals surface area contributed by atoms with Crippen molar-refractivity contribution >= 4 is 23.4 Å². The van der Waals surface area contributed by atoms with E-state index in [4.69, 9.17) is 11.6 Å². The molecule has 1 aromatic rings. The summed E-state index contributed by atoms with van der Waals surface area (Å²) in [6.45, 7) is 8.82. The second-order valence-electron chi connectivity index (χ2n) is 5.55. The minimum Gasteiger partial charge on any atom is -0.308 e. The number of nitrogens with zero attached hydrogens (tertiary/aromatic N) is 1. The van der Waals surface area contributed by atoms with Crippen LogP contribution in [0.3, 0.4) is 0 Å². The molecule has 0 heterocycles. The maximum Gasteiger partial charge on any atom is 0.276 e. The van der Waals surface area contributed by atoms with E-state index in [1.165, 1.54) is 12.1 Å². The van der Waals surface area contributed by atoms with Gasteiger partial charge in [-0.25, -0.2) is 0 Å². The summed E-state index contributed by atoms with van der Waals surface area (Å²) in [5.74, 6) is 0. The van der Waals surface area contributed by atoms with Crippen molar-refractivity contribution in [2.45, 2.75) is 33.2 Å². The van der Waals surface area contributed by atoms with Crippen molar-refractivity contribution in [2.24, 2.45) is 0 Å². The van der Waals surface area contributed by atoms with Crippen LogP contribution in [0.25, 0.3) is 6.08 Å². The molecule has 0 radical (unpaired) electrons. The molecule has 0 saturated carbocycles. The standard InChI is InChI=1S/C14H19ClN2O2/c1-10(9-16-14(2,3)4)7-11-8-12(15)5-6-13(11)17(18)19/h5-8,16H,9H2,1-4H3/b10-7-. The van der Waals surface area contributed by atoms with Gasteiger partial charge in [0, 0.05) is 23.2 Å². The molecule has 0 aliphatic rings. The first-order valence-electron chi connectivity index (χ1n) is 6.05. The van der Waals surface area contributed by atoms with Gasteiger partial charge in [0.15, 0.2) is 0 Å². The molecule has 0 bridgehead atoms. The van der Waals surface area contributed by atoms with Crippen LogP contribution in [0.4, 0.5) is 5.69 Å². The van der Waals surface area contributed by atoms with E-state index < -0.39 is 4.92 Å². The van der Waals surface area contributed by atoms with E-state index in [2.05, 4.69) is 26.1 Å². The van der Waals surface area contributed by atoms with E-state index in [1.807, 2.05) is 6.92 Å². The molecule has 5 heteroatoms. The molecule has 0 unspecified atom stereocenters. The molecular weight excluding hydrogens is 264 g/mol. The molecule has 0 atom stereocenters. The first-order valence-corrected chi connectivity index (χ1v) is 6.43. The molecule has 1 rings (SSSR count). The van der Waals surface area contributed by atoms with Crippen molar-refractivity contribution in [3.63, 3.8) is 0 Å². The Hall–Kier alpha value is -1.39. The van der Waals surface area contributed by atoms with E-state index in [-0.39, 0.29) is 11.2 Å². The molecule has 0 spiro atoms. The summed E-state index contributed by atoms with van der Waals surface area (Å²) in [6, 6.07) is 4.57. The van der Waals surface area contributed by atoms with Gasteiger partial charge in [0.05, 0.1) is 10.5 Å². The molecule has 19 heavy (non-hydrogen) atoms. The number of nitrogens with one attached hydrogen (secondary N) is 1. The number of hydrogen-bond acceptors (Lipinski definition) is 3. The number of nitro benzene ring substituents is 1. The topological polar surface area (TPSA) is 55.2 Å². The van der Waals surface area contributed by atoms with E-state index >= 15 is 0 Å². The molecule has 0 aromatic heterocycles. The van der Waals surface area contributed by atoms with Crippen LogP contribution < -0.4 is 5.32 Å². The third-order valence-corrected chi connectivity index (χ3v) is 2.72. The third-order valence-electron chi connectivity index (χ3n) is 2.49. The SMILES string of the molecule is C/C(=C/c1cc(Cl)ccc1[N+](=O)[O-])CNC(C)(C)C. The van der Waals surface area contributed by atoms with Crippen LogP contribution in [-0.2, 0) is 0 Å². The highest BCUT2D eigenvalue weighted by Gasteiger charge is 2.13. The minimum atomic E-state index is -0.396. The Kier molecular flexibility index (Phi) is 5.09. The smallest absolute Gasteiger partial charge is 0.276 e. The highest BCUT2D eigenvalue weighted by Crippen LogP contribution is 2.24. The number of benzene rings is 1. The lowest BCUT2D eigenvalue weighted by molar-refractivity contribution is -0.385. The van der Waals surface area contributed by atoms with Gasteiger partial charge in [-0.1, -0.05) is 17.2 Å². The Balaban J connectivity index is 2.96. The fourth-order valence-corrected chi connectivity index (χ4v) is 1.71. The van der Waals surface area contributed by atoms with Gasteiger partial charge < -0.3 is 5.32 Å². The van der Waals surface area contributed by atoms with E-state index in [1.54, 1.807) is 12.1 Å². The summed E-state index contributed by atoms with van der Waals surface area (Å²) in [6.07, 6.45) is 1.79. The van der Waals surface area contributed by atoms with Gasteiger partial charge in [-0.05, 0) is 45.9 Å². The fourth-order valence-electron chi connectivity index (χ4n) is 1.53.